The Balaban J connectivity index is 1.21. The molecule has 3 heterocycles. The molecule has 31 heavy (non-hydrogen) atoms. The van der Waals surface area contributed by atoms with Gasteiger partial charge in [-0.3, -0.25) is 14.5 Å². The SMILES string of the molecule is Cc1ccc2occ(CN3CCC4(CC3)CC4C(=O)N3C[C@@H](C)O[C@@H](C)C3)c(=O)c2c1. The highest BCUT2D eigenvalue weighted by Gasteiger charge is 2.59. The summed E-state index contributed by atoms with van der Waals surface area (Å²) >= 11 is 0. The van der Waals surface area contributed by atoms with Gasteiger partial charge >= 0.3 is 0 Å². The lowest BCUT2D eigenvalue weighted by molar-refractivity contribution is -0.145. The number of likely N-dealkylation sites (tertiary alicyclic amines) is 1. The summed E-state index contributed by atoms with van der Waals surface area (Å²) in [5.41, 5.74) is 2.66. The Morgan fingerprint density at radius 2 is 1.87 bits per heavy atom. The highest BCUT2D eigenvalue weighted by Crippen LogP contribution is 2.60. The van der Waals surface area contributed by atoms with Gasteiger partial charge in [0, 0.05) is 31.1 Å². The Hall–Kier alpha value is -2.18. The van der Waals surface area contributed by atoms with Crippen LogP contribution in [0, 0.1) is 18.3 Å². The molecule has 1 aliphatic carbocycles. The Bertz CT molecular complexity index is 1040. The molecule has 0 bridgehead atoms. The number of benzene rings is 1. The van der Waals surface area contributed by atoms with Crippen LogP contribution in [-0.2, 0) is 16.1 Å². The van der Waals surface area contributed by atoms with Crippen LogP contribution in [0.25, 0.3) is 11.0 Å². The fraction of sp³-hybridized carbons (Fsp3) is 0.600. The predicted octanol–water partition coefficient (Wildman–Crippen LogP) is 3.34. The van der Waals surface area contributed by atoms with E-state index in [2.05, 4.69) is 4.90 Å². The first kappa shape index (κ1) is 20.7. The second kappa shape index (κ2) is 7.75. The Morgan fingerprint density at radius 1 is 1.16 bits per heavy atom. The van der Waals surface area contributed by atoms with Crippen LogP contribution in [-0.4, -0.2) is 54.1 Å². The zero-order valence-electron chi connectivity index (χ0n) is 18.7. The molecular weight excluding hydrogens is 392 g/mol. The van der Waals surface area contributed by atoms with Crippen LogP contribution in [0.4, 0.5) is 0 Å². The van der Waals surface area contributed by atoms with Gasteiger partial charge in [-0.25, -0.2) is 0 Å². The first-order valence-corrected chi connectivity index (χ1v) is 11.5. The number of amides is 1. The highest BCUT2D eigenvalue weighted by molar-refractivity contribution is 5.83. The summed E-state index contributed by atoms with van der Waals surface area (Å²) in [5, 5.41) is 0.660. The van der Waals surface area contributed by atoms with Gasteiger partial charge in [-0.15, -0.1) is 0 Å². The first-order valence-electron chi connectivity index (χ1n) is 11.5. The maximum Gasteiger partial charge on any atom is 0.226 e. The molecule has 1 amide bonds. The third kappa shape index (κ3) is 3.92. The summed E-state index contributed by atoms with van der Waals surface area (Å²) in [5.74, 6) is 0.488. The number of carbonyl (C=O) groups excluding carboxylic acids is 1. The van der Waals surface area contributed by atoms with Gasteiger partial charge in [0.2, 0.25) is 5.91 Å². The van der Waals surface area contributed by atoms with Gasteiger partial charge in [-0.1, -0.05) is 11.6 Å². The van der Waals surface area contributed by atoms with Crippen LogP contribution in [0.5, 0.6) is 0 Å². The van der Waals surface area contributed by atoms with E-state index in [0.717, 1.165) is 37.9 Å². The minimum atomic E-state index is 0.0697. The van der Waals surface area contributed by atoms with Crippen LogP contribution in [0.2, 0.25) is 0 Å². The van der Waals surface area contributed by atoms with Crippen molar-refractivity contribution in [1.82, 2.24) is 9.80 Å². The number of morpholine rings is 1. The molecule has 1 saturated carbocycles. The van der Waals surface area contributed by atoms with E-state index in [1.807, 2.05) is 43.9 Å². The molecule has 166 valence electrons. The third-order valence-electron chi connectivity index (χ3n) is 7.46. The molecule has 3 fully saturated rings. The topological polar surface area (TPSA) is 63.0 Å². The normalized spacial score (nSPS) is 28.2. The summed E-state index contributed by atoms with van der Waals surface area (Å²) in [7, 11) is 0. The number of nitrogens with zero attached hydrogens (tertiary/aromatic N) is 2. The molecular formula is C25H32N2O4. The van der Waals surface area contributed by atoms with Gasteiger partial charge in [-0.2, -0.15) is 0 Å². The fourth-order valence-electron chi connectivity index (χ4n) is 5.62. The lowest BCUT2D eigenvalue weighted by Gasteiger charge is -2.37. The smallest absolute Gasteiger partial charge is 0.226 e. The molecule has 6 nitrogen and oxygen atoms in total. The van der Waals surface area contributed by atoms with Crippen molar-refractivity contribution in [1.29, 1.82) is 0 Å². The molecule has 5 rings (SSSR count). The number of carbonyl (C=O) groups is 1. The number of ether oxygens (including phenoxy) is 1. The van der Waals surface area contributed by atoms with Crippen LogP contribution in [0.3, 0.4) is 0 Å². The second-order valence-corrected chi connectivity index (χ2v) is 9.99. The van der Waals surface area contributed by atoms with Gasteiger partial charge < -0.3 is 14.1 Å². The van der Waals surface area contributed by atoms with Crippen molar-refractivity contribution in [2.75, 3.05) is 26.2 Å². The molecule has 3 aliphatic rings. The number of fused-ring (bicyclic) bond motifs is 1. The van der Waals surface area contributed by atoms with Gasteiger partial charge in [0.1, 0.15) is 5.58 Å². The van der Waals surface area contributed by atoms with Crippen molar-refractivity contribution in [3.05, 3.63) is 45.8 Å². The van der Waals surface area contributed by atoms with Crippen molar-refractivity contribution >= 4 is 16.9 Å². The van der Waals surface area contributed by atoms with Crippen LogP contribution in [0.1, 0.15) is 44.2 Å². The van der Waals surface area contributed by atoms with E-state index >= 15 is 0 Å². The van der Waals surface area contributed by atoms with Gasteiger partial charge in [-0.05, 0) is 70.7 Å². The average molecular weight is 425 g/mol. The maximum absolute atomic E-state index is 13.1. The van der Waals surface area contributed by atoms with E-state index in [4.69, 9.17) is 9.15 Å². The second-order valence-electron chi connectivity index (χ2n) is 9.99. The Kier molecular flexibility index (Phi) is 5.18. The zero-order valence-corrected chi connectivity index (χ0v) is 18.7. The van der Waals surface area contributed by atoms with Crippen molar-refractivity contribution in [3.8, 4) is 0 Å². The molecule has 2 saturated heterocycles. The van der Waals surface area contributed by atoms with Crippen molar-refractivity contribution < 1.29 is 13.9 Å². The Morgan fingerprint density at radius 3 is 2.58 bits per heavy atom. The molecule has 6 heteroatoms. The minimum absolute atomic E-state index is 0.0697. The number of rotatable bonds is 3. The quantitative estimate of drug-likeness (QED) is 0.756. The van der Waals surface area contributed by atoms with Gasteiger partial charge in [0.25, 0.3) is 0 Å². The molecule has 0 N–H and O–H groups in total. The molecule has 2 aliphatic heterocycles. The molecule has 0 radical (unpaired) electrons. The van der Waals surface area contributed by atoms with E-state index in [1.54, 1.807) is 6.26 Å². The van der Waals surface area contributed by atoms with Crippen LogP contribution in [0.15, 0.2) is 33.7 Å². The fourth-order valence-corrected chi connectivity index (χ4v) is 5.62. The third-order valence-corrected chi connectivity index (χ3v) is 7.46. The first-order chi connectivity index (χ1) is 14.8. The monoisotopic (exact) mass is 424 g/mol. The zero-order chi connectivity index (χ0) is 21.8. The molecule has 1 aromatic carbocycles. The van der Waals surface area contributed by atoms with Crippen molar-refractivity contribution in [2.45, 2.75) is 58.8 Å². The van der Waals surface area contributed by atoms with Crippen LogP contribution >= 0.6 is 0 Å². The maximum atomic E-state index is 13.1. The van der Waals surface area contributed by atoms with E-state index in [9.17, 15) is 9.59 Å². The molecule has 2 aromatic rings. The van der Waals surface area contributed by atoms with Crippen molar-refractivity contribution in [2.24, 2.45) is 11.3 Å². The summed E-state index contributed by atoms with van der Waals surface area (Å²) in [6.07, 6.45) is 4.91. The largest absolute Gasteiger partial charge is 0.464 e. The summed E-state index contributed by atoms with van der Waals surface area (Å²) in [6, 6.07) is 5.73. The van der Waals surface area contributed by atoms with Gasteiger partial charge in [0.15, 0.2) is 5.43 Å². The number of piperidine rings is 1. The molecule has 1 unspecified atom stereocenters. The van der Waals surface area contributed by atoms with E-state index in [-0.39, 0.29) is 29.0 Å². The highest BCUT2D eigenvalue weighted by atomic mass is 16.5. The molecule has 1 spiro atoms. The van der Waals surface area contributed by atoms with E-state index in [1.165, 1.54) is 0 Å². The van der Waals surface area contributed by atoms with Crippen LogP contribution < -0.4 is 5.43 Å². The molecule has 3 atom stereocenters. The van der Waals surface area contributed by atoms with E-state index in [0.29, 0.717) is 42.1 Å². The summed E-state index contributed by atoms with van der Waals surface area (Å²) < 4.78 is 11.5. The average Bonchev–Trinajstić information content (AvgIpc) is 3.44. The molecule has 1 aromatic heterocycles. The van der Waals surface area contributed by atoms with E-state index < -0.39 is 0 Å². The lowest BCUT2D eigenvalue weighted by atomic mass is 9.90. The lowest BCUT2D eigenvalue weighted by Crippen LogP contribution is -2.49. The van der Waals surface area contributed by atoms with Gasteiger partial charge in [0.05, 0.1) is 23.9 Å². The predicted molar refractivity (Wildman–Crippen MR) is 119 cm³/mol. The standard InChI is InChI=1S/C25H32N2O4/c1-16-4-5-22-20(10-16)23(28)19(15-30-22)14-26-8-6-25(7-9-26)11-21(25)24(29)27-12-17(2)31-18(3)13-27/h4-5,10,15,17-18,21H,6-9,11-14H2,1-3H3/t17-,18+,21?. The summed E-state index contributed by atoms with van der Waals surface area (Å²) in [6.45, 7) is 9.94. The minimum Gasteiger partial charge on any atom is -0.464 e. The number of hydrogen-bond acceptors (Lipinski definition) is 5. The number of aryl methyl sites for hydroxylation is 1. The summed E-state index contributed by atoms with van der Waals surface area (Å²) in [4.78, 5) is 30.4. The van der Waals surface area contributed by atoms with Crippen molar-refractivity contribution in [3.63, 3.8) is 0 Å². The Labute approximate surface area is 183 Å². The number of hydrogen-bond donors (Lipinski definition) is 0.